The van der Waals surface area contributed by atoms with Crippen molar-refractivity contribution < 1.29 is 48.5 Å². The van der Waals surface area contributed by atoms with Crippen LogP contribution in [0.2, 0.25) is 0 Å². The number of phenolic OH excluding ortho intramolecular Hbond substituents is 1. The summed E-state index contributed by atoms with van der Waals surface area (Å²) >= 11 is 0. The van der Waals surface area contributed by atoms with Crippen LogP contribution in [-0.2, 0) is 32.1 Å². The van der Waals surface area contributed by atoms with Crippen molar-refractivity contribution in [2.24, 2.45) is 29.4 Å². The smallest absolute Gasteiger partial charge is 0.415 e. The van der Waals surface area contributed by atoms with E-state index in [-0.39, 0.29) is 42.8 Å². The number of hydrogen-bond donors (Lipinski definition) is 3. The number of nitrogens with two attached hydrogens (primary N) is 1. The predicted molar refractivity (Wildman–Crippen MR) is 175 cm³/mol. The third kappa shape index (κ3) is 5.74. The van der Waals surface area contributed by atoms with Gasteiger partial charge in [0.2, 0.25) is 5.91 Å². The zero-order chi connectivity index (χ0) is 36.1. The van der Waals surface area contributed by atoms with Crippen LogP contribution in [0.15, 0.2) is 43.0 Å². The standard InChI is InChI=1S/C35H40N4O10/c1-7-12-39(34(46)49-20-10-8-19(48-6)9-11-20)16-18-15-23(37(2)3)21-13-17-14-22-27(38(4)5)30(42)26(33(36)45)32(44)35(22,47)31(43)24(17)29(41)25(21)28(18)40/h7-11,15,17,22,24,26-27,40,47H,1,12-14,16H2,2-6H3,(H2,36,45)/t17-,22-,24?,26?,27-,35-/m0/s1. The summed E-state index contributed by atoms with van der Waals surface area (Å²) in [6.45, 7) is 3.51. The van der Waals surface area contributed by atoms with Gasteiger partial charge in [-0.1, -0.05) is 6.08 Å². The van der Waals surface area contributed by atoms with Crippen molar-refractivity contribution in [1.29, 1.82) is 0 Å². The molecule has 0 aliphatic heterocycles. The molecule has 49 heavy (non-hydrogen) atoms. The molecule has 3 aliphatic rings. The Hall–Kier alpha value is -5.08. The molecular formula is C35H40N4O10. The quantitative estimate of drug-likeness (QED) is 0.253. The molecule has 5 rings (SSSR count). The largest absolute Gasteiger partial charge is 0.507 e. The first-order chi connectivity index (χ1) is 23.1. The molecule has 2 aromatic carbocycles. The third-order valence-corrected chi connectivity index (χ3v) is 9.83. The van der Waals surface area contributed by atoms with Gasteiger partial charge in [0, 0.05) is 37.8 Å². The lowest BCUT2D eigenvalue weighted by Gasteiger charge is -2.52. The predicted octanol–water partition coefficient (Wildman–Crippen LogP) is 1.13. The molecule has 260 valence electrons. The Balaban J connectivity index is 1.55. The lowest BCUT2D eigenvalue weighted by Crippen LogP contribution is -2.74. The molecule has 0 saturated heterocycles. The van der Waals surface area contributed by atoms with Crippen LogP contribution in [-0.4, -0.2) is 109 Å². The zero-order valence-corrected chi connectivity index (χ0v) is 28.0. The number of anilines is 1. The lowest BCUT2D eigenvalue weighted by molar-refractivity contribution is -0.181. The number of ketones is 4. The van der Waals surface area contributed by atoms with E-state index in [2.05, 4.69) is 6.58 Å². The monoisotopic (exact) mass is 676 g/mol. The number of aromatic hydroxyl groups is 1. The summed E-state index contributed by atoms with van der Waals surface area (Å²) in [6, 6.07) is 6.80. The first-order valence-electron chi connectivity index (χ1n) is 15.7. The highest BCUT2D eigenvalue weighted by molar-refractivity contribution is 6.32. The average Bonchev–Trinajstić information content (AvgIpc) is 3.03. The number of benzene rings is 2. The molecule has 2 amide bonds. The van der Waals surface area contributed by atoms with Gasteiger partial charge in [-0.05, 0) is 68.8 Å². The number of ether oxygens (including phenoxy) is 2. The molecule has 0 heterocycles. The van der Waals surface area contributed by atoms with Gasteiger partial charge in [-0.15, -0.1) is 6.58 Å². The number of methoxy groups -OCH3 is 1. The molecule has 0 radical (unpaired) electrons. The van der Waals surface area contributed by atoms with Gasteiger partial charge in [0.05, 0.1) is 31.2 Å². The second-order valence-corrected chi connectivity index (χ2v) is 13.2. The van der Waals surface area contributed by atoms with Crippen molar-refractivity contribution >= 4 is 40.8 Å². The number of fused-ring (bicyclic) bond motifs is 3. The number of hydrogen-bond acceptors (Lipinski definition) is 12. The fraction of sp³-hybridized carbons (Fsp3) is 0.429. The maximum Gasteiger partial charge on any atom is 0.415 e. The Labute approximate surface area is 283 Å². The third-order valence-electron chi connectivity index (χ3n) is 9.83. The molecule has 4 N–H and O–H groups in total. The van der Waals surface area contributed by atoms with Crippen LogP contribution in [0.5, 0.6) is 17.2 Å². The first-order valence-corrected chi connectivity index (χ1v) is 15.7. The number of nitrogens with zero attached hydrogens (tertiary/aromatic N) is 3. The van der Waals surface area contributed by atoms with Crippen LogP contribution in [0.1, 0.15) is 27.9 Å². The van der Waals surface area contributed by atoms with E-state index in [4.69, 9.17) is 15.2 Å². The van der Waals surface area contributed by atoms with Crippen LogP contribution in [0, 0.1) is 23.7 Å². The van der Waals surface area contributed by atoms with E-state index in [0.717, 1.165) is 0 Å². The number of carbonyl (C=O) groups excluding carboxylic acids is 6. The van der Waals surface area contributed by atoms with Crippen molar-refractivity contribution in [3.8, 4) is 17.2 Å². The minimum atomic E-state index is -2.83. The topological polar surface area (TPSA) is 197 Å². The number of likely N-dealkylation sites (N-methyl/N-ethyl adjacent to an activating group) is 1. The van der Waals surface area contributed by atoms with Crippen molar-refractivity contribution in [3.63, 3.8) is 0 Å². The van der Waals surface area contributed by atoms with Gasteiger partial charge >= 0.3 is 6.09 Å². The van der Waals surface area contributed by atoms with E-state index < -0.39 is 76.2 Å². The molecule has 0 aromatic heterocycles. The molecule has 0 spiro atoms. The highest BCUT2D eigenvalue weighted by atomic mass is 16.6. The number of rotatable bonds is 9. The number of phenols is 1. The van der Waals surface area contributed by atoms with Gasteiger partial charge in [0.15, 0.2) is 34.7 Å². The molecule has 14 nitrogen and oxygen atoms in total. The van der Waals surface area contributed by atoms with Crippen LogP contribution < -0.4 is 20.1 Å². The van der Waals surface area contributed by atoms with Crippen LogP contribution in [0.25, 0.3) is 0 Å². The van der Waals surface area contributed by atoms with Gasteiger partial charge in [0.25, 0.3) is 0 Å². The Morgan fingerprint density at radius 1 is 1.06 bits per heavy atom. The van der Waals surface area contributed by atoms with E-state index in [1.54, 1.807) is 49.3 Å². The highest BCUT2D eigenvalue weighted by Crippen LogP contribution is 2.52. The molecule has 2 saturated carbocycles. The number of primary amides is 1. The highest BCUT2D eigenvalue weighted by Gasteiger charge is 2.69. The Morgan fingerprint density at radius 2 is 1.69 bits per heavy atom. The Morgan fingerprint density at radius 3 is 2.24 bits per heavy atom. The molecule has 14 heteroatoms. The average molecular weight is 677 g/mol. The normalized spacial score (nSPS) is 26.0. The SMILES string of the molecule is C=CCN(Cc1cc(N(C)C)c2c(c1O)C(=O)C1C(=O)[C@]3(O)C(=O)C(C(N)=O)C(=O)[C@@H](N(C)C)[C@@H]3C[C@@H]1C2)C(=O)Oc1ccc(OC)cc1. The fourth-order valence-electron chi connectivity index (χ4n) is 7.60. The summed E-state index contributed by atoms with van der Waals surface area (Å²) in [4.78, 5) is 85.4. The Bertz CT molecular complexity index is 1750. The maximum atomic E-state index is 14.3. The number of carbonyl (C=O) groups is 6. The molecular weight excluding hydrogens is 636 g/mol. The molecule has 3 aliphatic carbocycles. The maximum absolute atomic E-state index is 14.3. The Kier molecular flexibility index (Phi) is 9.41. The molecule has 2 aromatic rings. The van der Waals surface area contributed by atoms with E-state index >= 15 is 0 Å². The van der Waals surface area contributed by atoms with Crippen LogP contribution in [0.3, 0.4) is 0 Å². The van der Waals surface area contributed by atoms with Gasteiger partial charge < -0.3 is 30.3 Å². The van der Waals surface area contributed by atoms with Crippen molar-refractivity contribution in [2.45, 2.75) is 31.0 Å². The van der Waals surface area contributed by atoms with Crippen molar-refractivity contribution in [1.82, 2.24) is 9.80 Å². The van der Waals surface area contributed by atoms with Gasteiger partial charge in [-0.3, -0.25) is 33.8 Å². The van der Waals surface area contributed by atoms with E-state index in [9.17, 15) is 39.0 Å². The second kappa shape index (κ2) is 13.1. The number of Topliss-reactive ketones (excluding diaryl/α,β-unsaturated/α-hetero) is 4. The molecule has 6 atom stereocenters. The minimum Gasteiger partial charge on any atom is -0.507 e. The number of aliphatic hydroxyl groups is 1. The number of amides is 2. The summed E-state index contributed by atoms with van der Waals surface area (Å²) in [5.74, 6) is -10.6. The second-order valence-electron chi connectivity index (χ2n) is 13.2. The summed E-state index contributed by atoms with van der Waals surface area (Å²) in [7, 11) is 8.04. The van der Waals surface area contributed by atoms with Crippen molar-refractivity contribution in [2.75, 3.05) is 46.7 Å². The zero-order valence-electron chi connectivity index (χ0n) is 28.0. The first kappa shape index (κ1) is 35.2. The lowest BCUT2D eigenvalue weighted by atomic mass is 9.52. The van der Waals surface area contributed by atoms with Crippen LogP contribution in [0.4, 0.5) is 10.5 Å². The summed E-state index contributed by atoms with van der Waals surface area (Å²) in [5.41, 5.74) is 3.55. The van der Waals surface area contributed by atoms with Gasteiger partial charge in [0.1, 0.15) is 17.2 Å². The van der Waals surface area contributed by atoms with Crippen molar-refractivity contribution in [3.05, 3.63) is 59.7 Å². The summed E-state index contributed by atoms with van der Waals surface area (Å²) < 4.78 is 10.7. The minimum absolute atomic E-state index is 0.0171. The fourth-order valence-corrected chi connectivity index (χ4v) is 7.60. The molecule has 2 fully saturated rings. The summed E-state index contributed by atoms with van der Waals surface area (Å²) in [5, 5.41) is 23.5. The van der Waals surface area contributed by atoms with E-state index in [0.29, 0.717) is 17.0 Å². The van der Waals surface area contributed by atoms with Gasteiger partial charge in [-0.2, -0.15) is 0 Å². The van der Waals surface area contributed by atoms with E-state index in [1.165, 1.54) is 37.1 Å². The van der Waals surface area contributed by atoms with E-state index in [1.807, 2.05) is 0 Å². The van der Waals surface area contributed by atoms with Crippen LogP contribution >= 0.6 is 0 Å². The summed E-state index contributed by atoms with van der Waals surface area (Å²) in [6.07, 6.45) is 0.741. The molecule has 0 bridgehead atoms. The molecule has 2 unspecified atom stereocenters. The van der Waals surface area contributed by atoms with Gasteiger partial charge in [-0.25, -0.2) is 4.79 Å².